The molecule has 21 heavy (non-hydrogen) atoms. The van der Waals surface area contributed by atoms with E-state index in [1.165, 1.54) is 18.9 Å². The minimum Gasteiger partial charge on any atom is -0.390 e. The Kier molecular flexibility index (Phi) is 4.87. The fourth-order valence-corrected chi connectivity index (χ4v) is 4.64. The fourth-order valence-electron chi connectivity index (χ4n) is 3.69. The minimum absolute atomic E-state index is 0.122. The molecule has 4 heteroatoms. The van der Waals surface area contributed by atoms with Crippen molar-refractivity contribution in [2.75, 3.05) is 25.4 Å². The summed E-state index contributed by atoms with van der Waals surface area (Å²) in [6.07, 6.45) is 5.48. The third-order valence-corrected chi connectivity index (χ3v) is 6.04. The molecule has 1 heterocycles. The molecule has 2 aliphatic rings. The predicted molar refractivity (Wildman–Crippen MR) is 85.1 cm³/mol. The SMILES string of the molecule is OC12CCCCC1CN(CCSc1ccccc1F)CC2. The number of rotatable bonds is 4. The molecule has 0 spiro atoms. The van der Waals surface area contributed by atoms with Gasteiger partial charge in [-0.05, 0) is 31.4 Å². The van der Waals surface area contributed by atoms with Gasteiger partial charge >= 0.3 is 0 Å². The average Bonchev–Trinajstić information content (AvgIpc) is 2.49. The molecule has 0 bridgehead atoms. The van der Waals surface area contributed by atoms with Crippen molar-refractivity contribution in [2.45, 2.75) is 42.6 Å². The smallest absolute Gasteiger partial charge is 0.136 e. The molecule has 1 saturated heterocycles. The topological polar surface area (TPSA) is 23.5 Å². The molecule has 2 nitrogen and oxygen atoms in total. The molecule has 116 valence electrons. The van der Waals surface area contributed by atoms with Crippen molar-refractivity contribution in [1.29, 1.82) is 0 Å². The number of piperidine rings is 1. The first-order valence-corrected chi connectivity index (χ1v) is 8.98. The van der Waals surface area contributed by atoms with E-state index in [1.54, 1.807) is 17.8 Å². The highest BCUT2D eigenvalue weighted by Gasteiger charge is 2.42. The van der Waals surface area contributed by atoms with Crippen molar-refractivity contribution in [3.8, 4) is 0 Å². The molecule has 0 radical (unpaired) electrons. The maximum Gasteiger partial charge on any atom is 0.136 e. The Morgan fingerprint density at radius 2 is 2.14 bits per heavy atom. The average molecular weight is 309 g/mol. The van der Waals surface area contributed by atoms with Crippen molar-refractivity contribution in [3.05, 3.63) is 30.1 Å². The Morgan fingerprint density at radius 1 is 1.29 bits per heavy atom. The number of aliphatic hydroxyl groups is 1. The Labute approximate surface area is 130 Å². The van der Waals surface area contributed by atoms with Crippen molar-refractivity contribution < 1.29 is 9.50 Å². The number of thioether (sulfide) groups is 1. The van der Waals surface area contributed by atoms with Crippen LogP contribution in [0.1, 0.15) is 32.1 Å². The molecule has 1 aliphatic heterocycles. The van der Waals surface area contributed by atoms with E-state index in [0.717, 1.165) is 49.5 Å². The summed E-state index contributed by atoms with van der Waals surface area (Å²) in [4.78, 5) is 3.18. The highest BCUT2D eigenvalue weighted by Crippen LogP contribution is 2.39. The Hall–Kier alpha value is -0.580. The molecule has 0 amide bonds. The summed E-state index contributed by atoms with van der Waals surface area (Å²) in [5.74, 6) is 1.23. The number of halogens is 1. The van der Waals surface area contributed by atoms with Crippen LogP contribution in [-0.2, 0) is 0 Å². The van der Waals surface area contributed by atoms with E-state index in [2.05, 4.69) is 4.90 Å². The lowest BCUT2D eigenvalue weighted by molar-refractivity contribution is -0.0942. The van der Waals surface area contributed by atoms with Crippen LogP contribution in [0.2, 0.25) is 0 Å². The van der Waals surface area contributed by atoms with E-state index in [4.69, 9.17) is 0 Å². The van der Waals surface area contributed by atoms with Gasteiger partial charge in [0.2, 0.25) is 0 Å². The minimum atomic E-state index is -0.395. The van der Waals surface area contributed by atoms with Gasteiger partial charge in [-0.3, -0.25) is 0 Å². The fraction of sp³-hybridized carbons (Fsp3) is 0.647. The molecule has 2 atom stereocenters. The number of hydrogen-bond acceptors (Lipinski definition) is 3. The summed E-state index contributed by atoms with van der Waals surface area (Å²) in [5, 5.41) is 10.7. The maximum atomic E-state index is 13.6. The summed E-state index contributed by atoms with van der Waals surface area (Å²) in [6.45, 7) is 2.96. The van der Waals surface area contributed by atoms with Gasteiger partial charge in [-0.25, -0.2) is 4.39 Å². The van der Waals surface area contributed by atoms with Gasteiger partial charge < -0.3 is 10.0 Å². The second-order valence-corrected chi connectivity index (χ2v) is 7.51. The van der Waals surface area contributed by atoms with Crippen LogP contribution in [0, 0.1) is 11.7 Å². The van der Waals surface area contributed by atoms with Gasteiger partial charge in [-0.15, -0.1) is 11.8 Å². The lowest BCUT2D eigenvalue weighted by Gasteiger charge is -2.47. The summed E-state index contributed by atoms with van der Waals surface area (Å²) >= 11 is 1.59. The van der Waals surface area contributed by atoms with Crippen LogP contribution >= 0.6 is 11.8 Å². The van der Waals surface area contributed by atoms with Crippen LogP contribution in [0.5, 0.6) is 0 Å². The number of hydrogen-bond donors (Lipinski definition) is 1. The highest BCUT2D eigenvalue weighted by atomic mass is 32.2. The molecule has 1 saturated carbocycles. The quantitative estimate of drug-likeness (QED) is 0.861. The van der Waals surface area contributed by atoms with E-state index in [0.29, 0.717) is 5.92 Å². The standard InChI is InChI=1S/C17H24FNOS/c18-15-6-1-2-7-16(15)21-12-11-19-10-9-17(20)8-4-3-5-14(17)13-19/h1-2,6-7,14,20H,3-5,8-13H2. The number of nitrogens with zero attached hydrogens (tertiary/aromatic N) is 1. The first-order valence-electron chi connectivity index (χ1n) is 7.99. The molecular formula is C17H24FNOS. The second-order valence-electron chi connectivity index (χ2n) is 6.38. The molecule has 2 fully saturated rings. The lowest BCUT2D eigenvalue weighted by Crippen LogP contribution is -2.53. The Balaban J connectivity index is 1.48. The van der Waals surface area contributed by atoms with E-state index >= 15 is 0 Å². The van der Waals surface area contributed by atoms with Crippen LogP contribution in [0.4, 0.5) is 4.39 Å². The molecule has 1 aromatic rings. The molecule has 0 aromatic heterocycles. The van der Waals surface area contributed by atoms with Crippen LogP contribution in [0.15, 0.2) is 29.2 Å². The molecular weight excluding hydrogens is 285 g/mol. The third-order valence-electron chi connectivity index (χ3n) is 5.01. The Morgan fingerprint density at radius 3 is 3.00 bits per heavy atom. The molecule has 1 N–H and O–H groups in total. The first-order chi connectivity index (χ1) is 10.2. The molecule has 1 aromatic carbocycles. The number of benzene rings is 1. The maximum absolute atomic E-state index is 13.6. The van der Waals surface area contributed by atoms with Crippen LogP contribution in [0.25, 0.3) is 0 Å². The van der Waals surface area contributed by atoms with E-state index in [1.807, 2.05) is 12.1 Å². The van der Waals surface area contributed by atoms with Gasteiger partial charge in [-0.2, -0.15) is 0 Å². The van der Waals surface area contributed by atoms with E-state index in [-0.39, 0.29) is 5.82 Å². The number of likely N-dealkylation sites (tertiary alicyclic amines) is 1. The predicted octanol–water partition coefficient (Wildman–Crippen LogP) is 3.54. The molecule has 2 unspecified atom stereocenters. The van der Waals surface area contributed by atoms with Crippen LogP contribution < -0.4 is 0 Å². The monoisotopic (exact) mass is 309 g/mol. The molecule has 3 rings (SSSR count). The van der Waals surface area contributed by atoms with Crippen LogP contribution in [-0.4, -0.2) is 41.0 Å². The number of fused-ring (bicyclic) bond motifs is 1. The first kappa shape index (κ1) is 15.3. The zero-order valence-electron chi connectivity index (χ0n) is 12.4. The zero-order valence-corrected chi connectivity index (χ0v) is 13.2. The van der Waals surface area contributed by atoms with Crippen molar-refractivity contribution in [1.82, 2.24) is 4.90 Å². The molecule has 1 aliphatic carbocycles. The van der Waals surface area contributed by atoms with Crippen molar-refractivity contribution in [3.63, 3.8) is 0 Å². The van der Waals surface area contributed by atoms with Crippen LogP contribution in [0.3, 0.4) is 0 Å². The third kappa shape index (κ3) is 3.61. The normalized spacial score (nSPS) is 30.1. The van der Waals surface area contributed by atoms with Crippen molar-refractivity contribution >= 4 is 11.8 Å². The van der Waals surface area contributed by atoms with Gasteiger partial charge in [-0.1, -0.05) is 25.0 Å². The zero-order chi connectivity index (χ0) is 14.7. The highest BCUT2D eigenvalue weighted by molar-refractivity contribution is 7.99. The summed E-state index contributed by atoms with van der Waals surface area (Å²) in [5.41, 5.74) is -0.395. The second kappa shape index (κ2) is 6.67. The van der Waals surface area contributed by atoms with Gasteiger partial charge in [0.05, 0.1) is 5.60 Å². The summed E-state index contributed by atoms with van der Waals surface area (Å²) in [6, 6.07) is 6.98. The van der Waals surface area contributed by atoms with Gasteiger partial charge in [0.1, 0.15) is 5.82 Å². The summed E-state index contributed by atoms with van der Waals surface area (Å²) < 4.78 is 13.6. The van der Waals surface area contributed by atoms with E-state index in [9.17, 15) is 9.50 Å². The Bertz CT molecular complexity index is 484. The van der Waals surface area contributed by atoms with Gasteiger partial charge in [0.25, 0.3) is 0 Å². The lowest BCUT2D eigenvalue weighted by atomic mass is 9.71. The van der Waals surface area contributed by atoms with Gasteiger partial charge in [0.15, 0.2) is 0 Å². The van der Waals surface area contributed by atoms with Gasteiger partial charge in [0, 0.05) is 36.2 Å². The van der Waals surface area contributed by atoms with E-state index < -0.39 is 5.60 Å². The summed E-state index contributed by atoms with van der Waals surface area (Å²) in [7, 11) is 0. The van der Waals surface area contributed by atoms with Crippen molar-refractivity contribution in [2.24, 2.45) is 5.92 Å². The largest absolute Gasteiger partial charge is 0.390 e.